The van der Waals surface area contributed by atoms with E-state index in [4.69, 9.17) is 9.47 Å². The smallest absolute Gasteiger partial charge is 0.330 e. The maximum absolute atomic E-state index is 13.6. The second-order valence-corrected chi connectivity index (χ2v) is 6.58. The van der Waals surface area contributed by atoms with Crippen LogP contribution in [0.4, 0.5) is 4.39 Å². The lowest BCUT2D eigenvalue weighted by atomic mass is 9.69. The standard InChI is InChI=1S/C15H11FN2O9/c16-5-4-18(13(24)17-11(5)23)9-3-14(25)6(19)1-7(20)15(12(14)26-9)8(21)2-10(22)27-15/h4,9,12,25H,1-3H2,(H,17,23,24)/t9-,12+,14-,15?/m1/s1. The molecule has 2 saturated heterocycles. The van der Waals surface area contributed by atoms with Crippen LogP contribution in [-0.2, 0) is 28.7 Å². The summed E-state index contributed by atoms with van der Waals surface area (Å²) >= 11 is 0. The van der Waals surface area contributed by atoms with Crippen molar-refractivity contribution in [3.8, 4) is 0 Å². The molecular weight excluding hydrogens is 371 g/mol. The fourth-order valence-electron chi connectivity index (χ4n) is 3.75. The molecule has 4 rings (SSSR count). The maximum atomic E-state index is 13.6. The lowest BCUT2D eigenvalue weighted by Gasteiger charge is -2.40. The number of halogens is 1. The van der Waals surface area contributed by atoms with Gasteiger partial charge in [0.05, 0.1) is 12.6 Å². The van der Waals surface area contributed by atoms with Gasteiger partial charge in [0.1, 0.15) is 12.6 Å². The number of aromatic amines is 1. The van der Waals surface area contributed by atoms with Gasteiger partial charge in [-0.05, 0) is 0 Å². The summed E-state index contributed by atoms with van der Waals surface area (Å²) in [6.45, 7) is 0. The van der Waals surface area contributed by atoms with Gasteiger partial charge in [-0.1, -0.05) is 0 Å². The third-order valence-electron chi connectivity index (χ3n) is 5.03. The largest absolute Gasteiger partial charge is 0.439 e. The first-order valence-electron chi connectivity index (χ1n) is 7.80. The number of hydrogen-bond acceptors (Lipinski definition) is 9. The Morgan fingerprint density at radius 1 is 1.11 bits per heavy atom. The summed E-state index contributed by atoms with van der Waals surface area (Å²) < 4.78 is 24.4. The normalized spacial score (nSPS) is 35.6. The number of aromatic nitrogens is 2. The predicted octanol–water partition coefficient (Wildman–Crippen LogP) is -2.51. The average Bonchev–Trinajstić information content (AvgIpc) is 3.08. The third kappa shape index (κ3) is 2.13. The fourth-order valence-corrected chi connectivity index (χ4v) is 3.75. The number of ketones is 3. The van der Waals surface area contributed by atoms with Crippen molar-refractivity contribution in [2.45, 2.75) is 42.8 Å². The molecule has 3 aliphatic rings. The van der Waals surface area contributed by atoms with E-state index < -0.39 is 83.2 Å². The van der Waals surface area contributed by atoms with Crippen LogP contribution in [-0.4, -0.2) is 55.3 Å². The van der Waals surface area contributed by atoms with Gasteiger partial charge in [-0.3, -0.25) is 33.5 Å². The first-order chi connectivity index (χ1) is 12.6. The summed E-state index contributed by atoms with van der Waals surface area (Å²) in [6.07, 6.45) is -5.14. The van der Waals surface area contributed by atoms with Crippen molar-refractivity contribution in [2.75, 3.05) is 0 Å². The lowest BCUT2D eigenvalue weighted by Crippen LogP contribution is -2.69. The minimum Gasteiger partial charge on any atom is -0.439 e. The molecule has 27 heavy (non-hydrogen) atoms. The number of carbonyl (C=O) groups excluding carboxylic acids is 4. The molecule has 0 amide bonds. The molecule has 1 aromatic rings. The van der Waals surface area contributed by atoms with Crippen molar-refractivity contribution in [3.63, 3.8) is 0 Å². The second kappa shape index (κ2) is 5.27. The molecule has 3 heterocycles. The van der Waals surface area contributed by atoms with E-state index in [0.29, 0.717) is 10.8 Å². The van der Waals surface area contributed by atoms with Gasteiger partial charge in [0.2, 0.25) is 5.82 Å². The molecule has 0 radical (unpaired) electrons. The van der Waals surface area contributed by atoms with Crippen molar-refractivity contribution in [1.82, 2.24) is 9.55 Å². The van der Waals surface area contributed by atoms with Crippen molar-refractivity contribution in [2.24, 2.45) is 0 Å². The Hall–Kier alpha value is -2.99. The molecule has 0 bridgehead atoms. The van der Waals surface area contributed by atoms with Gasteiger partial charge in [-0.25, -0.2) is 4.79 Å². The Morgan fingerprint density at radius 2 is 1.78 bits per heavy atom. The van der Waals surface area contributed by atoms with E-state index in [1.807, 2.05) is 0 Å². The number of rotatable bonds is 1. The first-order valence-corrected chi connectivity index (χ1v) is 7.80. The van der Waals surface area contributed by atoms with Crippen LogP contribution in [0.1, 0.15) is 25.5 Å². The monoisotopic (exact) mass is 382 g/mol. The molecular formula is C15H11FN2O9. The Balaban J connectivity index is 1.83. The number of nitrogens with zero attached hydrogens (tertiary/aromatic N) is 1. The Morgan fingerprint density at radius 3 is 2.41 bits per heavy atom. The molecule has 142 valence electrons. The quantitative estimate of drug-likeness (QED) is 0.395. The second-order valence-electron chi connectivity index (χ2n) is 6.58. The zero-order valence-electron chi connectivity index (χ0n) is 13.4. The number of nitrogens with one attached hydrogen (secondary N) is 1. The number of ether oxygens (including phenoxy) is 2. The van der Waals surface area contributed by atoms with E-state index in [9.17, 15) is 38.3 Å². The highest BCUT2D eigenvalue weighted by atomic mass is 19.1. The SMILES string of the molecule is O=C1CC(=O)C2(O1)C(=O)CC(=O)[C@]1(O)C[C@H](n3cc(F)c(=O)[nH]c3=O)O[C@H]21. The minimum atomic E-state index is -2.50. The number of fused-ring (bicyclic) bond motifs is 2. The predicted molar refractivity (Wildman–Crippen MR) is 77.8 cm³/mol. The number of esters is 1. The van der Waals surface area contributed by atoms with Gasteiger partial charge in [0, 0.05) is 6.42 Å². The summed E-state index contributed by atoms with van der Waals surface area (Å²) in [6, 6.07) is 0. The maximum Gasteiger partial charge on any atom is 0.330 e. The Labute approximate surface area is 147 Å². The average molecular weight is 382 g/mol. The van der Waals surface area contributed by atoms with Crippen LogP contribution in [0.5, 0.6) is 0 Å². The Bertz CT molecular complexity index is 1040. The van der Waals surface area contributed by atoms with E-state index in [0.717, 1.165) is 0 Å². The molecule has 4 atom stereocenters. The van der Waals surface area contributed by atoms with Crippen LogP contribution in [0.25, 0.3) is 0 Å². The van der Waals surface area contributed by atoms with Gasteiger partial charge in [0.25, 0.3) is 11.2 Å². The van der Waals surface area contributed by atoms with Crippen LogP contribution in [0.2, 0.25) is 0 Å². The molecule has 1 aromatic heterocycles. The van der Waals surface area contributed by atoms with E-state index in [2.05, 4.69) is 0 Å². The van der Waals surface area contributed by atoms with Crippen molar-refractivity contribution >= 4 is 23.3 Å². The van der Waals surface area contributed by atoms with Gasteiger partial charge in [0.15, 0.2) is 29.1 Å². The van der Waals surface area contributed by atoms with Gasteiger partial charge in [-0.2, -0.15) is 4.39 Å². The van der Waals surface area contributed by atoms with Gasteiger partial charge < -0.3 is 14.6 Å². The van der Waals surface area contributed by atoms with Gasteiger partial charge >= 0.3 is 11.7 Å². The van der Waals surface area contributed by atoms with Gasteiger partial charge in [-0.15, -0.1) is 0 Å². The van der Waals surface area contributed by atoms with E-state index in [-0.39, 0.29) is 0 Å². The summed E-state index contributed by atoms with van der Waals surface area (Å²) in [5, 5.41) is 10.8. The summed E-state index contributed by atoms with van der Waals surface area (Å²) in [5.41, 5.74) is -7.31. The highest BCUT2D eigenvalue weighted by Crippen LogP contribution is 2.49. The van der Waals surface area contributed by atoms with Crippen LogP contribution in [0.15, 0.2) is 15.8 Å². The van der Waals surface area contributed by atoms with Crippen LogP contribution >= 0.6 is 0 Å². The number of Topliss-reactive ketones (excluding diaryl/α,β-unsaturated/α-hetero) is 3. The summed E-state index contributed by atoms with van der Waals surface area (Å²) in [4.78, 5) is 73.4. The van der Waals surface area contributed by atoms with Crippen molar-refractivity contribution < 1.29 is 38.1 Å². The molecule has 3 fully saturated rings. The van der Waals surface area contributed by atoms with Crippen molar-refractivity contribution in [1.29, 1.82) is 0 Å². The highest BCUT2D eigenvalue weighted by Gasteiger charge is 2.74. The zero-order valence-corrected chi connectivity index (χ0v) is 13.4. The first kappa shape index (κ1) is 17.4. The number of hydrogen-bond donors (Lipinski definition) is 2. The number of carbonyl (C=O) groups is 4. The summed E-state index contributed by atoms with van der Waals surface area (Å²) in [7, 11) is 0. The van der Waals surface area contributed by atoms with Crippen LogP contribution < -0.4 is 11.2 Å². The molecule has 2 aliphatic heterocycles. The number of H-pyrrole nitrogens is 1. The van der Waals surface area contributed by atoms with E-state index in [1.54, 1.807) is 4.98 Å². The Kier molecular flexibility index (Phi) is 3.40. The molecule has 1 spiro atoms. The molecule has 2 N–H and O–H groups in total. The fraction of sp³-hybridized carbons (Fsp3) is 0.467. The molecule has 1 unspecified atom stereocenters. The molecule has 0 aromatic carbocycles. The molecule has 1 saturated carbocycles. The zero-order chi connectivity index (χ0) is 19.7. The third-order valence-corrected chi connectivity index (χ3v) is 5.03. The topological polar surface area (TPSA) is 162 Å². The van der Waals surface area contributed by atoms with E-state index in [1.165, 1.54) is 0 Å². The minimum absolute atomic E-state index is 0.508. The van der Waals surface area contributed by atoms with Crippen LogP contribution in [0, 0.1) is 5.82 Å². The number of aliphatic hydroxyl groups is 1. The molecule has 11 nitrogen and oxygen atoms in total. The molecule has 1 aliphatic carbocycles. The van der Waals surface area contributed by atoms with E-state index >= 15 is 0 Å². The summed E-state index contributed by atoms with van der Waals surface area (Å²) in [5.74, 6) is -5.36. The highest BCUT2D eigenvalue weighted by molar-refractivity contribution is 6.26. The molecule has 12 heteroatoms. The van der Waals surface area contributed by atoms with Crippen molar-refractivity contribution in [3.05, 3.63) is 32.9 Å². The van der Waals surface area contributed by atoms with Crippen LogP contribution in [0.3, 0.4) is 0 Å². The lowest BCUT2D eigenvalue weighted by molar-refractivity contribution is -0.200.